The molecule has 0 aliphatic carbocycles. The van der Waals surface area contributed by atoms with Gasteiger partial charge < -0.3 is 16.0 Å². The van der Waals surface area contributed by atoms with Gasteiger partial charge in [0.15, 0.2) is 0 Å². The van der Waals surface area contributed by atoms with Gasteiger partial charge in [-0.25, -0.2) is 0 Å². The first kappa shape index (κ1) is 24.0. The molecule has 0 atom stereocenters. The van der Waals surface area contributed by atoms with Crippen LogP contribution in [0.4, 0.5) is 11.4 Å². The van der Waals surface area contributed by atoms with Gasteiger partial charge in [-0.3, -0.25) is 9.59 Å². The predicted molar refractivity (Wildman–Crippen MR) is 125 cm³/mol. The summed E-state index contributed by atoms with van der Waals surface area (Å²) < 4.78 is 0. The molecule has 0 aliphatic rings. The summed E-state index contributed by atoms with van der Waals surface area (Å²) in [5.41, 5.74) is 8.86. The fraction of sp³-hybridized carbons (Fsp3) is 0.333. The van der Waals surface area contributed by atoms with Gasteiger partial charge in [-0.1, -0.05) is 59.7 Å². The van der Waals surface area contributed by atoms with E-state index in [1.54, 1.807) is 30.3 Å². The average molecular weight is 396 g/mol. The van der Waals surface area contributed by atoms with E-state index in [1.165, 1.54) is 6.20 Å². The first-order valence-electron chi connectivity index (χ1n) is 9.84. The lowest BCUT2D eigenvalue weighted by atomic mass is 10.0. The third-order valence-corrected chi connectivity index (χ3v) is 3.57. The van der Waals surface area contributed by atoms with Crippen molar-refractivity contribution in [2.45, 2.75) is 48.5 Å². The van der Waals surface area contributed by atoms with E-state index in [1.807, 2.05) is 32.9 Å². The van der Waals surface area contributed by atoms with Crippen LogP contribution < -0.4 is 16.5 Å². The topological polar surface area (TPSA) is 88.0 Å². The number of aryl methyl sites for hydroxylation is 1. The number of nitrogens with two attached hydrogens (primary N) is 1. The minimum absolute atomic E-state index is 0.0675. The third-order valence-electron chi connectivity index (χ3n) is 3.57. The Bertz CT molecular complexity index is 1010. The molecule has 1 amide bonds. The zero-order valence-corrected chi connectivity index (χ0v) is 18.5. The Morgan fingerprint density at radius 2 is 1.62 bits per heavy atom. The second-order valence-electron chi connectivity index (χ2n) is 8.10. The zero-order chi connectivity index (χ0) is 22.2. The number of hydrogen-bond donors (Lipinski definition) is 3. The lowest BCUT2D eigenvalue weighted by Gasteiger charge is -2.08. The number of nitrogen functional groups attached to an aromatic ring is 1. The van der Waals surface area contributed by atoms with Crippen LogP contribution in [0.25, 0.3) is 10.9 Å². The number of hydrogen-bond acceptors (Lipinski definition) is 3. The number of aromatic nitrogens is 1. The molecule has 0 bridgehead atoms. The maximum atomic E-state index is 12.4. The molecule has 0 fully saturated rings. The second-order valence-corrected chi connectivity index (χ2v) is 8.10. The van der Waals surface area contributed by atoms with Crippen LogP contribution in [-0.4, -0.2) is 10.9 Å². The minimum Gasteiger partial charge on any atom is -0.398 e. The van der Waals surface area contributed by atoms with Crippen LogP contribution in [-0.2, 0) is 0 Å². The predicted octanol–water partition coefficient (Wildman–Crippen LogP) is 5.75. The van der Waals surface area contributed by atoms with Gasteiger partial charge in [0.25, 0.3) is 5.91 Å². The van der Waals surface area contributed by atoms with Crippen molar-refractivity contribution >= 4 is 28.2 Å². The van der Waals surface area contributed by atoms with Crippen LogP contribution in [0, 0.1) is 12.3 Å². The summed E-state index contributed by atoms with van der Waals surface area (Å²) in [5.74, 6) is -0.463. The summed E-state index contributed by atoms with van der Waals surface area (Å²) in [6, 6.07) is 12.3. The Labute approximate surface area is 173 Å². The molecule has 5 heteroatoms. The molecule has 0 spiro atoms. The Balaban J connectivity index is 0.000000527. The number of nitrogens with one attached hydrogen (secondary N) is 2. The Kier molecular flexibility index (Phi) is 8.64. The number of benzene rings is 2. The molecule has 4 N–H and O–H groups in total. The molecule has 0 radical (unpaired) electrons. The van der Waals surface area contributed by atoms with Crippen molar-refractivity contribution in [3.63, 3.8) is 0 Å². The average Bonchev–Trinajstić information content (AvgIpc) is 2.65. The maximum Gasteiger partial charge on any atom is 0.261 e. The number of aromatic amines is 1. The van der Waals surface area contributed by atoms with Crippen LogP contribution in [0.15, 0.2) is 53.5 Å². The molecular formula is C24H33N3O2. The van der Waals surface area contributed by atoms with Crippen LogP contribution in [0.1, 0.15) is 57.5 Å². The number of rotatable bonds is 2. The first-order chi connectivity index (χ1) is 13.6. The maximum absolute atomic E-state index is 12.4. The zero-order valence-electron chi connectivity index (χ0n) is 18.5. The van der Waals surface area contributed by atoms with Crippen molar-refractivity contribution in [1.29, 1.82) is 0 Å². The highest BCUT2D eigenvalue weighted by Gasteiger charge is 2.13. The standard InChI is InChI=1S/C17H15N3O2.C5H12.C2H6/c1-10-6-7-11(8-14(10)18)20-17(22)13-9-19-15-5-3-2-4-12(15)16(13)21;1-5(2,3)4;1-2/h2-9H,18H2,1H3,(H,19,21)(H,20,22);1-4H3;1-2H3. The van der Waals surface area contributed by atoms with Crippen LogP contribution in [0.3, 0.4) is 0 Å². The number of carbonyl (C=O) groups is 1. The molecule has 3 rings (SSSR count). The highest BCUT2D eigenvalue weighted by atomic mass is 16.2. The summed E-state index contributed by atoms with van der Waals surface area (Å²) >= 11 is 0. The van der Waals surface area contributed by atoms with Crippen LogP contribution in [0.5, 0.6) is 0 Å². The van der Waals surface area contributed by atoms with Crippen molar-refractivity contribution < 1.29 is 4.79 Å². The van der Waals surface area contributed by atoms with Crippen molar-refractivity contribution in [2.75, 3.05) is 11.1 Å². The van der Waals surface area contributed by atoms with E-state index in [0.29, 0.717) is 27.7 Å². The fourth-order valence-corrected chi connectivity index (χ4v) is 2.25. The van der Waals surface area contributed by atoms with E-state index in [-0.39, 0.29) is 11.0 Å². The molecule has 0 saturated carbocycles. The molecule has 3 aromatic rings. The van der Waals surface area contributed by atoms with Crippen molar-refractivity contribution in [2.24, 2.45) is 5.41 Å². The molecule has 156 valence electrons. The molecular weight excluding hydrogens is 362 g/mol. The van der Waals surface area contributed by atoms with E-state index in [4.69, 9.17) is 5.73 Å². The summed E-state index contributed by atoms with van der Waals surface area (Å²) in [6.07, 6.45) is 1.43. The number of fused-ring (bicyclic) bond motifs is 1. The van der Waals surface area contributed by atoms with Gasteiger partial charge in [0, 0.05) is 28.5 Å². The Morgan fingerprint density at radius 3 is 2.21 bits per heavy atom. The van der Waals surface area contributed by atoms with Gasteiger partial charge in [0.1, 0.15) is 5.56 Å². The molecule has 0 saturated heterocycles. The van der Waals surface area contributed by atoms with Crippen molar-refractivity contribution in [3.8, 4) is 0 Å². The molecule has 29 heavy (non-hydrogen) atoms. The molecule has 5 nitrogen and oxygen atoms in total. The highest BCUT2D eigenvalue weighted by molar-refractivity contribution is 6.05. The van der Waals surface area contributed by atoms with E-state index in [0.717, 1.165) is 5.56 Å². The fourth-order valence-electron chi connectivity index (χ4n) is 2.25. The van der Waals surface area contributed by atoms with Gasteiger partial charge >= 0.3 is 0 Å². The monoisotopic (exact) mass is 395 g/mol. The number of H-pyrrole nitrogens is 1. The van der Waals surface area contributed by atoms with Gasteiger partial charge in [0.05, 0.1) is 0 Å². The van der Waals surface area contributed by atoms with Gasteiger partial charge in [-0.05, 0) is 42.2 Å². The minimum atomic E-state index is -0.463. The van der Waals surface area contributed by atoms with E-state index < -0.39 is 5.91 Å². The van der Waals surface area contributed by atoms with Crippen molar-refractivity contribution in [1.82, 2.24) is 4.98 Å². The van der Waals surface area contributed by atoms with E-state index in [9.17, 15) is 9.59 Å². The molecule has 1 aromatic heterocycles. The molecule has 0 aliphatic heterocycles. The molecule has 1 heterocycles. The summed E-state index contributed by atoms with van der Waals surface area (Å²) in [6.45, 7) is 14.6. The summed E-state index contributed by atoms with van der Waals surface area (Å²) in [5, 5.41) is 3.18. The SMILES string of the molecule is CC.CC(C)(C)C.Cc1ccc(NC(=O)c2c[nH]c3ccccc3c2=O)cc1N. The lowest BCUT2D eigenvalue weighted by Crippen LogP contribution is -2.22. The normalized spacial score (nSPS) is 10.3. The Morgan fingerprint density at radius 1 is 1.03 bits per heavy atom. The van der Waals surface area contributed by atoms with Gasteiger partial charge in [0.2, 0.25) is 5.43 Å². The number of pyridine rings is 1. The summed E-state index contributed by atoms with van der Waals surface area (Å²) in [4.78, 5) is 27.6. The molecule has 2 aromatic carbocycles. The number of anilines is 2. The quantitative estimate of drug-likeness (QED) is 0.483. The molecule has 0 unspecified atom stereocenters. The lowest BCUT2D eigenvalue weighted by molar-refractivity contribution is 0.102. The third kappa shape index (κ3) is 7.45. The van der Waals surface area contributed by atoms with Gasteiger partial charge in [-0.15, -0.1) is 0 Å². The van der Waals surface area contributed by atoms with E-state index in [2.05, 4.69) is 38.0 Å². The number of carbonyl (C=O) groups excluding carboxylic acids is 1. The first-order valence-corrected chi connectivity index (χ1v) is 9.84. The number of para-hydroxylation sites is 1. The summed E-state index contributed by atoms with van der Waals surface area (Å²) in [7, 11) is 0. The Hall–Kier alpha value is -3.08. The number of amides is 1. The van der Waals surface area contributed by atoms with E-state index >= 15 is 0 Å². The highest BCUT2D eigenvalue weighted by Crippen LogP contribution is 2.17. The second kappa shape index (κ2) is 10.5. The van der Waals surface area contributed by atoms with Crippen molar-refractivity contribution in [3.05, 3.63) is 70.0 Å². The largest absolute Gasteiger partial charge is 0.398 e. The smallest absolute Gasteiger partial charge is 0.261 e. The van der Waals surface area contributed by atoms with Crippen LogP contribution in [0.2, 0.25) is 0 Å². The van der Waals surface area contributed by atoms with Gasteiger partial charge in [-0.2, -0.15) is 0 Å². The van der Waals surface area contributed by atoms with Crippen LogP contribution >= 0.6 is 0 Å².